The van der Waals surface area contributed by atoms with E-state index in [0.717, 1.165) is 22.8 Å². The minimum absolute atomic E-state index is 0. The molecule has 0 aliphatic carbocycles. The Balaban J connectivity index is -0.000000333. The second-order valence-electron chi connectivity index (χ2n) is 2.57. The minimum atomic E-state index is 0. The van der Waals surface area contributed by atoms with Crippen molar-refractivity contribution in [1.29, 1.82) is 0 Å². The van der Waals surface area contributed by atoms with Gasteiger partial charge in [-0.3, -0.25) is 9.97 Å². The number of hydrogen-bond donors (Lipinski definition) is 0. The van der Waals surface area contributed by atoms with Crippen LogP contribution in [0.2, 0.25) is 0 Å². The van der Waals surface area contributed by atoms with E-state index in [4.69, 9.17) is 0 Å². The lowest BCUT2D eigenvalue weighted by Crippen LogP contribution is -1.97. The molecule has 78 valence electrons. The van der Waals surface area contributed by atoms with Crippen LogP contribution in [0.5, 0.6) is 0 Å². The zero-order valence-electron chi connectivity index (χ0n) is 8.39. The van der Waals surface area contributed by atoms with E-state index in [1.807, 2.05) is 27.7 Å². The Kier molecular flexibility index (Phi) is 8.91. The molecule has 0 unspecified atom stereocenters. The van der Waals surface area contributed by atoms with Crippen molar-refractivity contribution in [1.82, 2.24) is 9.97 Å². The molecule has 1 aromatic rings. The van der Waals surface area contributed by atoms with Gasteiger partial charge in [-0.1, -0.05) is 0 Å². The van der Waals surface area contributed by atoms with E-state index in [0.29, 0.717) is 0 Å². The molecule has 0 aromatic carbocycles. The molecule has 0 atom stereocenters. The third-order valence-electron chi connectivity index (χ3n) is 1.72. The molecule has 0 spiro atoms. The molecule has 1 rings (SSSR count). The monoisotopic (exact) mass is 190 g/mol. The van der Waals surface area contributed by atoms with Gasteiger partial charge in [-0.05, 0) is 27.7 Å². The van der Waals surface area contributed by atoms with Gasteiger partial charge in [-0.25, -0.2) is 0 Å². The molecule has 1 heterocycles. The lowest BCUT2D eigenvalue weighted by Gasteiger charge is -2.01. The van der Waals surface area contributed by atoms with Gasteiger partial charge in [0.2, 0.25) is 0 Å². The summed E-state index contributed by atoms with van der Waals surface area (Å²) in [4.78, 5) is 8.62. The molecule has 0 saturated heterocycles. The average Bonchev–Trinajstić information content (AvgIpc) is 1.84. The standard InChI is InChI=1S/C8H12N2.3H2O/c1-5-6(2)10-8(4)7(3)9-5;;;/h1-4H3;3*1H2. The Morgan fingerprint density at radius 3 is 0.846 bits per heavy atom. The van der Waals surface area contributed by atoms with Crippen LogP contribution in [-0.2, 0) is 0 Å². The third-order valence-corrected chi connectivity index (χ3v) is 1.72. The number of aryl methyl sites for hydroxylation is 4. The highest BCUT2D eigenvalue weighted by molar-refractivity contribution is 5.16. The largest absolute Gasteiger partial charge is 0.412 e. The molecule has 0 radical (unpaired) electrons. The van der Waals surface area contributed by atoms with Crippen LogP contribution < -0.4 is 0 Å². The summed E-state index contributed by atoms with van der Waals surface area (Å²) in [7, 11) is 0. The van der Waals surface area contributed by atoms with E-state index in [-0.39, 0.29) is 16.4 Å². The normalized spacial score (nSPS) is 7.69. The van der Waals surface area contributed by atoms with Crippen LogP contribution in [0.25, 0.3) is 0 Å². The van der Waals surface area contributed by atoms with Crippen molar-refractivity contribution in [2.45, 2.75) is 27.7 Å². The second-order valence-corrected chi connectivity index (χ2v) is 2.57. The Morgan fingerprint density at radius 1 is 0.538 bits per heavy atom. The molecule has 5 nitrogen and oxygen atoms in total. The van der Waals surface area contributed by atoms with Crippen LogP contribution in [-0.4, -0.2) is 26.4 Å². The molecule has 0 aliphatic rings. The zero-order chi connectivity index (χ0) is 7.72. The maximum Gasteiger partial charge on any atom is 0.0588 e. The fourth-order valence-corrected chi connectivity index (χ4v) is 0.827. The van der Waals surface area contributed by atoms with Gasteiger partial charge in [0.15, 0.2) is 0 Å². The van der Waals surface area contributed by atoms with Gasteiger partial charge in [-0.2, -0.15) is 0 Å². The summed E-state index contributed by atoms with van der Waals surface area (Å²) < 4.78 is 0. The van der Waals surface area contributed by atoms with E-state index in [9.17, 15) is 0 Å². The molecule has 0 fully saturated rings. The predicted molar refractivity (Wildman–Crippen MR) is 51.8 cm³/mol. The lowest BCUT2D eigenvalue weighted by molar-refractivity contribution is 0.823. The van der Waals surface area contributed by atoms with E-state index >= 15 is 0 Å². The Labute approximate surface area is 77.8 Å². The van der Waals surface area contributed by atoms with Crippen LogP contribution in [0.1, 0.15) is 22.8 Å². The van der Waals surface area contributed by atoms with Crippen molar-refractivity contribution in [2.24, 2.45) is 0 Å². The number of nitrogens with zero attached hydrogens (tertiary/aromatic N) is 2. The first-order valence-electron chi connectivity index (χ1n) is 3.39. The highest BCUT2D eigenvalue weighted by atomic mass is 16.0. The molecular formula is C8H18N2O3. The van der Waals surface area contributed by atoms with Crippen molar-refractivity contribution < 1.29 is 16.4 Å². The zero-order valence-corrected chi connectivity index (χ0v) is 8.39. The van der Waals surface area contributed by atoms with Crippen LogP contribution in [0, 0.1) is 27.7 Å². The summed E-state index contributed by atoms with van der Waals surface area (Å²) in [5.74, 6) is 0. The first kappa shape index (κ1) is 17.9. The van der Waals surface area contributed by atoms with E-state index in [1.165, 1.54) is 0 Å². The second kappa shape index (κ2) is 6.47. The topological polar surface area (TPSA) is 120 Å². The van der Waals surface area contributed by atoms with Crippen LogP contribution >= 0.6 is 0 Å². The highest BCUT2D eigenvalue weighted by Gasteiger charge is 1.98. The summed E-state index contributed by atoms with van der Waals surface area (Å²) >= 11 is 0. The van der Waals surface area contributed by atoms with Crippen LogP contribution in [0.3, 0.4) is 0 Å². The van der Waals surface area contributed by atoms with Gasteiger partial charge in [-0.15, -0.1) is 0 Å². The van der Waals surface area contributed by atoms with E-state index in [1.54, 1.807) is 0 Å². The van der Waals surface area contributed by atoms with Gasteiger partial charge in [0.05, 0.1) is 22.8 Å². The maximum absolute atomic E-state index is 4.31. The number of aromatic nitrogens is 2. The Bertz CT molecular complexity index is 214. The molecule has 0 bridgehead atoms. The fourth-order valence-electron chi connectivity index (χ4n) is 0.827. The van der Waals surface area contributed by atoms with Gasteiger partial charge < -0.3 is 16.4 Å². The third kappa shape index (κ3) is 3.93. The maximum atomic E-state index is 4.31. The van der Waals surface area contributed by atoms with E-state index < -0.39 is 0 Å². The quantitative estimate of drug-likeness (QED) is 0.533. The molecule has 6 N–H and O–H groups in total. The summed E-state index contributed by atoms with van der Waals surface area (Å²) in [6.45, 7) is 7.92. The van der Waals surface area contributed by atoms with Crippen LogP contribution in [0.4, 0.5) is 0 Å². The number of rotatable bonds is 0. The predicted octanol–water partition coefficient (Wildman–Crippen LogP) is -0.764. The van der Waals surface area contributed by atoms with Gasteiger partial charge in [0.1, 0.15) is 0 Å². The Hall–Kier alpha value is -1.04. The molecule has 13 heavy (non-hydrogen) atoms. The van der Waals surface area contributed by atoms with Gasteiger partial charge in [0, 0.05) is 0 Å². The first-order chi connectivity index (χ1) is 4.61. The molecule has 0 saturated carbocycles. The highest BCUT2D eigenvalue weighted by Crippen LogP contribution is 2.04. The fraction of sp³-hybridized carbons (Fsp3) is 0.500. The summed E-state index contributed by atoms with van der Waals surface area (Å²) in [6.07, 6.45) is 0. The van der Waals surface area contributed by atoms with Crippen molar-refractivity contribution in [3.8, 4) is 0 Å². The summed E-state index contributed by atoms with van der Waals surface area (Å²) in [5.41, 5.74) is 4.12. The van der Waals surface area contributed by atoms with Crippen molar-refractivity contribution in [3.63, 3.8) is 0 Å². The van der Waals surface area contributed by atoms with Crippen molar-refractivity contribution in [3.05, 3.63) is 22.8 Å². The van der Waals surface area contributed by atoms with Gasteiger partial charge >= 0.3 is 0 Å². The summed E-state index contributed by atoms with van der Waals surface area (Å²) in [5, 5.41) is 0. The molecule has 0 aliphatic heterocycles. The molecule has 1 aromatic heterocycles. The van der Waals surface area contributed by atoms with Gasteiger partial charge in [0.25, 0.3) is 0 Å². The smallest absolute Gasteiger partial charge is 0.0588 e. The molecule has 5 heteroatoms. The van der Waals surface area contributed by atoms with Crippen LogP contribution in [0.15, 0.2) is 0 Å². The lowest BCUT2D eigenvalue weighted by atomic mass is 10.3. The average molecular weight is 190 g/mol. The summed E-state index contributed by atoms with van der Waals surface area (Å²) in [6, 6.07) is 0. The van der Waals surface area contributed by atoms with Crippen molar-refractivity contribution >= 4 is 0 Å². The SMILES string of the molecule is Cc1nc(C)c(C)nc1C.O.O.O. The minimum Gasteiger partial charge on any atom is -0.412 e. The van der Waals surface area contributed by atoms with E-state index in [2.05, 4.69) is 9.97 Å². The molecular weight excluding hydrogens is 172 g/mol. The first-order valence-corrected chi connectivity index (χ1v) is 3.39. The number of hydrogen-bond acceptors (Lipinski definition) is 2. The van der Waals surface area contributed by atoms with Crippen molar-refractivity contribution in [2.75, 3.05) is 0 Å². The molecule has 0 amide bonds. The Morgan fingerprint density at radius 2 is 0.692 bits per heavy atom.